The van der Waals surface area contributed by atoms with Crippen molar-refractivity contribution in [2.45, 2.75) is 20.0 Å². The maximum absolute atomic E-state index is 12.9. The summed E-state index contributed by atoms with van der Waals surface area (Å²) in [5.41, 5.74) is 2.18. The van der Waals surface area contributed by atoms with Crippen LogP contribution in [-0.4, -0.2) is 22.6 Å². The first-order valence-electron chi connectivity index (χ1n) is 9.49. The molecule has 1 amide bonds. The molecule has 1 aromatic carbocycles. The van der Waals surface area contributed by atoms with Crippen LogP contribution in [0, 0.1) is 6.92 Å². The molecule has 4 rings (SSSR count). The molecule has 0 unspecified atom stereocenters. The van der Waals surface area contributed by atoms with Crippen LogP contribution in [0.4, 0.5) is 0 Å². The van der Waals surface area contributed by atoms with Gasteiger partial charge >= 0.3 is 0 Å². The highest BCUT2D eigenvalue weighted by molar-refractivity contribution is 5.98. The van der Waals surface area contributed by atoms with E-state index in [-0.39, 0.29) is 11.5 Å². The lowest BCUT2D eigenvalue weighted by Crippen LogP contribution is -2.25. The van der Waals surface area contributed by atoms with Crippen LogP contribution in [0.3, 0.4) is 0 Å². The monoisotopic (exact) mass is 403 g/mol. The van der Waals surface area contributed by atoms with Crippen molar-refractivity contribution in [2.75, 3.05) is 7.11 Å². The lowest BCUT2D eigenvalue weighted by atomic mass is 10.1. The van der Waals surface area contributed by atoms with Gasteiger partial charge in [0.05, 0.1) is 42.1 Å². The van der Waals surface area contributed by atoms with Gasteiger partial charge in [0, 0.05) is 12.7 Å². The molecule has 0 aliphatic heterocycles. The highest BCUT2D eigenvalue weighted by Crippen LogP contribution is 2.16. The Morgan fingerprint density at radius 3 is 2.83 bits per heavy atom. The number of benzene rings is 1. The molecule has 152 valence electrons. The molecule has 3 heterocycles. The number of fused-ring (bicyclic) bond motifs is 1. The molecule has 0 bridgehead atoms. The highest BCUT2D eigenvalue weighted by atomic mass is 16.5. The average Bonchev–Trinajstić information content (AvgIpc) is 3.27. The number of nitrogens with zero attached hydrogens (tertiary/aromatic N) is 2. The number of methoxy groups -OCH3 is 1. The van der Waals surface area contributed by atoms with Gasteiger partial charge in [0.1, 0.15) is 11.5 Å². The van der Waals surface area contributed by atoms with Crippen LogP contribution in [-0.2, 0) is 13.1 Å². The van der Waals surface area contributed by atoms with E-state index in [0.29, 0.717) is 41.0 Å². The number of hydrogen-bond acceptors (Lipinski definition) is 5. The second-order valence-corrected chi connectivity index (χ2v) is 6.92. The summed E-state index contributed by atoms with van der Waals surface area (Å²) in [6.45, 7) is 2.41. The summed E-state index contributed by atoms with van der Waals surface area (Å²) in [4.78, 5) is 30.2. The lowest BCUT2D eigenvalue weighted by Gasteiger charge is -2.11. The number of amides is 1. The van der Waals surface area contributed by atoms with Gasteiger partial charge in [0.2, 0.25) is 0 Å². The second kappa shape index (κ2) is 8.24. The number of aryl methyl sites for hydroxylation is 1. The first-order chi connectivity index (χ1) is 14.5. The van der Waals surface area contributed by atoms with Crippen molar-refractivity contribution in [3.8, 4) is 5.75 Å². The topological polar surface area (TPSA) is 86.4 Å². The van der Waals surface area contributed by atoms with Crippen LogP contribution in [0.25, 0.3) is 10.9 Å². The standard InChI is InChI=1S/C23H21N3O4/c1-15-19(22(27)24-13-16-5-3-6-17(11-16)29-2)12-20-21(25-15)8-9-26(23(20)28)14-18-7-4-10-30-18/h3-12H,13-14H2,1-2H3,(H,24,27). The molecule has 7 heteroatoms. The van der Waals surface area contributed by atoms with E-state index in [1.807, 2.05) is 30.3 Å². The SMILES string of the molecule is COc1cccc(CNC(=O)c2cc3c(=O)n(Cc4ccco4)ccc3nc2C)c1. The van der Waals surface area contributed by atoms with Crippen molar-refractivity contribution in [2.24, 2.45) is 0 Å². The number of aromatic nitrogens is 2. The predicted octanol–water partition coefficient (Wildman–Crippen LogP) is 3.28. The fourth-order valence-corrected chi connectivity index (χ4v) is 3.29. The zero-order valence-electron chi connectivity index (χ0n) is 16.7. The number of furan rings is 1. The van der Waals surface area contributed by atoms with Gasteiger partial charge in [0.15, 0.2) is 0 Å². The minimum Gasteiger partial charge on any atom is -0.497 e. The molecule has 3 aromatic heterocycles. The first-order valence-corrected chi connectivity index (χ1v) is 9.49. The van der Waals surface area contributed by atoms with E-state index in [1.165, 1.54) is 4.57 Å². The summed E-state index contributed by atoms with van der Waals surface area (Å²) in [5.74, 6) is 1.11. The second-order valence-electron chi connectivity index (χ2n) is 6.92. The molecular weight excluding hydrogens is 382 g/mol. The van der Waals surface area contributed by atoms with E-state index in [0.717, 1.165) is 11.3 Å². The molecule has 4 aromatic rings. The van der Waals surface area contributed by atoms with Crippen molar-refractivity contribution in [3.63, 3.8) is 0 Å². The largest absolute Gasteiger partial charge is 0.497 e. The number of pyridine rings is 2. The van der Waals surface area contributed by atoms with Gasteiger partial charge in [-0.2, -0.15) is 0 Å². The minimum atomic E-state index is -0.287. The zero-order valence-corrected chi connectivity index (χ0v) is 16.7. The van der Waals surface area contributed by atoms with E-state index in [4.69, 9.17) is 9.15 Å². The van der Waals surface area contributed by atoms with E-state index in [9.17, 15) is 9.59 Å². The van der Waals surface area contributed by atoms with Crippen molar-refractivity contribution < 1.29 is 13.9 Å². The quantitative estimate of drug-likeness (QED) is 0.534. The maximum Gasteiger partial charge on any atom is 0.260 e. The van der Waals surface area contributed by atoms with Gasteiger partial charge in [-0.15, -0.1) is 0 Å². The normalized spacial score (nSPS) is 10.9. The molecule has 30 heavy (non-hydrogen) atoms. The van der Waals surface area contributed by atoms with Crippen LogP contribution < -0.4 is 15.6 Å². The molecule has 0 fully saturated rings. The third-order valence-corrected chi connectivity index (χ3v) is 4.88. The number of ether oxygens (including phenoxy) is 1. The summed E-state index contributed by atoms with van der Waals surface area (Å²) in [6, 6.07) is 14.4. The Morgan fingerprint density at radius 1 is 1.20 bits per heavy atom. The summed E-state index contributed by atoms with van der Waals surface area (Å²) in [6.07, 6.45) is 3.25. The number of carbonyl (C=O) groups excluding carboxylic acids is 1. The Kier molecular flexibility index (Phi) is 5.34. The Hall–Kier alpha value is -3.87. The summed E-state index contributed by atoms with van der Waals surface area (Å²) >= 11 is 0. The van der Waals surface area contributed by atoms with E-state index < -0.39 is 0 Å². The fourth-order valence-electron chi connectivity index (χ4n) is 3.29. The van der Waals surface area contributed by atoms with E-state index >= 15 is 0 Å². The molecule has 0 saturated heterocycles. The van der Waals surface area contributed by atoms with Gasteiger partial charge < -0.3 is 19.0 Å². The first kappa shape index (κ1) is 19.4. The molecule has 0 spiro atoms. The summed E-state index contributed by atoms with van der Waals surface area (Å²) in [5, 5.41) is 3.27. The fraction of sp³-hybridized carbons (Fsp3) is 0.174. The number of carbonyl (C=O) groups is 1. The van der Waals surface area contributed by atoms with Crippen LogP contribution in [0.5, 0.6) is 5.75 Å². The number of hydrogen-bond donors (Lipinski definition) is 1. The van der Waals surface area contributed by atoms with Crippen LogP contribution in [0.15, 0.2) is 70.2 Å². The van der Waals surface area contributed by atoms with Gasteiger partial charge in [-0.25, -0.2) is 0 Å². The average molecular weight is 403 g/mol. The third-order valence-electron chi connectivity index (χ3n) is 4.88. The molecular formula is C23H21N3O4. The minimum absolute atomic E-state index is 0.224. The number of nitrogens with one attached hydrogen (secondary N) is 1. The van der Waals surface area contributed by atoms with Crippen molar-refractivity contribution in [1.29, 1.82) is 0 Å². The van der Waals surface area contributed by atoms with E-state index in [1.54, 1.807) is 44.7 Å². The predicted molar refractivity (Wildman–Crippen MR) is 113 cm³/mol. The summed E-state index contributed by atoms with van der Waals surface area (Å²) < 4.78 is 12.1. The Morgan fingerprint density at radius 2 is 2.07 bits per heavy atom. The van der Waals surface area contributed by atoms with Gasteiger partial charge in [-0.05, 0) is 48.9 Å². The van der Waals surface area contributed by atoms with Gasteiger partial charge in [-0.1, -0.05) is 12.1 Å². The van der Waals surface area contributed by atoms with Gasteiger partial charge in [-0.3, -0.25) is 14.6 Å². The Bertz CT molecular complexity index is 1260. The molecule has 0 aliphatic rings. The molecule has 0 atom stereocenters. The lowest BCUT2D eigenvalue weighted by molar-refractivity contribution is 0.0950. The maximum atomic E-state index is 12.9. The van der Waals surface area contributed by atoms with Crippen LogP contribution >= 0.6 is 0 Å². The smallest absolute Gasteiger partial charge is 0.260 e. The molecule has 0 radical (unpaired) electrons. The van der Waals surface area contributed by atoms with Crippen molar-refractivity contribution in [3.05, 3.63) is 93.9 Å². The highest BCUT2D eigenvalue weighted by Gasteiger charge is 2.14. The Balaban J connectivity index is 1.61. The molecule has 0 aliphatic carbocycles. The molecule has 1 N–H and O–H groups in total. The third kappa shape index (κ3) is 3.96. The van der Waals surface area contributed by atoms with Crippen LogP contribution in [0.1, 0.15) is 27.4 Å². The summed E-state index contributed by atoms with van der Waals surface area (Å²) in [7, 11) is 1.60. The van der Waals surface area contributed by atoms with Gasteiger partial charge in [0.25, 0.3) is 11.5 Å². The molecule has 7 nitrogen and oxygen atoms in total. The number of rotatable bonds is 6. The van der Waals surface area contributed by atoms with Crippen molar-refractivity contribution >= 4 is 16.8 Å². The molecule has 0 saturated carbocycles. The Labute approximate surface area is 172 Å². The zero-order chi connectivity index (χ0) is 21.1. The van der Waals surface area contributed by atoms with Crippen molar-refractivity contribution in [1.82, 2.24) is 14.9 Å². The van der Waals surface area contributed by atoms with Crippen LogP contribution in [0.2, 0.25) is 0 Å². The van der Waals surface area contributed by atoms with E-state index in [2.05, 4.69) is 10.3 Å².